The molecule has 0 aliphatic rings. The summed E-state index contributed by atoms with van der Waals surface area (Å²) >= 11 is 0. The quantitative estimate of drug-likeness (QED) is 0.325. The van der Waals surface area contributed by atoms with Crippen molar-refractivity contribution in [3.63, 3.8) is 0 Å². The number of hydrogen-bond donors (Lipinski definition) is 1. The number of nitrogens with zero attached hydrogens (tertiary/aromatic N) is 1. The van der Waals surface area contributed by atoms with E-state index < -0.39 is 10.0 Å². The number of methoxy groups -OCH3 is 1. The number of rotatable bonds is 11. The van der Waals surface area contributed by atoms with Crippen molar-refractivity contribution in [2.75, 3.05) is 24.3 Å². The molecule has 0 aliphatic heterocycles. The van der Waals surface area contributed by atoms with Crippen LogP contribution >= 0.6 is 0 Å². The maximum Gasteiger partial charge on any atom is 0.251 e. The highest BCUT2D eigenvalue weighted by atomic mass is 32.2. The highest BCUT2D eigenvalue weighted by Gasteiger charge is 2.22. The smallest absolute Gasteiger partial charge is 0.251 e. The van der Waals surface area contributed by atoms with Crippen LogP contribution in [0.4, 0.5) is 5.69 Å². The van der Waals surface area contributed by atoms with Crippen LogP contribution in [-0.4, -0.2) is 34.3 Å². The molecule has 0 radical (unpaired) electrons. The van der Waals surface area contributed by atoms with Gasteiger partial charge < -0.3 is 14.8 Å². The van der Waals surface area contributed by atoms with E-state index in [9.17, 15) is 13.2 Å². The minimum atomic E-state index is -3.58. The topological polar surface area (TPSA) is 84.9 Å². The summed E-state index contributed by atoms with van der Waals surface area (Å²) in [5.74, 6) is 1.43. The first-order valence-corrected chi connectivity index (χ1v) is 14.6. The molecular weight excluding hydrogens is 500 g/mol. The van der Waals surface area contributed by atoms with Crippen molar-refractivity contribution in [1.82, 2.24) is 5.32 Å². The lowest BCUT2D eigenvalue weighted by molar-refractivity contribution is 0.0939. The number of benzene rings is 3. The summed E-state index contributed by atoms with van der Waals surface area (Å²) < 4.78 is 37.8. The molecule has 3 rings (SSSR count). The van der Waals surface area contributed by atoms with Gasteiger partial charge in [0, 0.05) is 5.56 Å². The molecule has 3 aromatic carbocycles. The van der Waals surface area contributed by atoms with Crippen molar-refractivity contribution in [2.24, 2.45) is 0 Å². The number of aryl methyl sites for hydroxylation is 1. The second-order valence-corrected chi connectivity index (χ2v) is 11.6. The third-order valence-corrected chi connectivity index (χ3v) is 7.56. The number of hydrogen-bond acceptors (Lipinski definition) is 5. The summed E-state index contributed by atoms with van der Waals surface area (Å²) in [5, 5.41) is 3.09. The van der Waals surface area contributed by atoms with Crippen molar-refractivity contribution >= 4 is 21.6 Å². The van der Waals surface area contributed by atoms with E-state index in [4.69, 9.17) is 9.47 Å². The van der Waals surface area contributed by atoms with Crippen molar-refractivity contribution in [3.05, 3.63) is 88.5 Å². The molecule has 8 heteroatoms. The van der Waals surface area contributed by atoms with E-state index in [2.05, 4.69) is 25.2 Å². The van der Waals surface area contributed by atoms with Crippen LogP contribution in [0.1, 0.15) is 72.3 Å². The van der Waals surface area contributed by atoms with Gasteiger partial charge in [-0.25, -0.2) is 8.42 Å². The molecular formula is C30H38N2O5S. The van der Waals surface area contributed by atoms with E-state index in [1.807, 2.05) is 26.8 Å². The van der Waals surface area contributed by atoms with Crippen LogP contribution < -0.4 is 19.1 Å². The van der Waals surface area contributed by atoms with Gasteiger partial charge in [-0.3, -0.25) is 9.10 Å². The number of anilines is 1. The van der Waals surface area contributed by atoms with E-state index >= 15 is 0 Å². The minimum absolute atomic E-state index is 0.115. The van der Waals surface area contributed by atoms with Gasteiger partial charge in [-0.05, 0) is 85.3 Å². The molecule has 7 nitrogen and oxygen atoms in total. The average molecular weight is 539 g/mol. The first-order valence-electron chi connectivity index (χ1n) is 12.7. The predicted molar refractivity (Wildman–Crippen MR) is 153 cm³/mol. The molecule has 1 N–H and O–H groups in total. The maximum atomic E-state index is 13.1. The molecule has 0 spiro atoms. The Morgan fingerprint density at radius 3 is 2.21 bits per heavy atom. The summed E-state index contributed by atoms with van der Waals surface area (Å²) in [6.45, 7) is 10.6. The van der Waals surface area contributed by atoms with Gasteiger partial charge in [-0.1, -0.05) is 38.1 Å². The Hall–Kier alpha value is -3.52. The first kappa shape index (κ1) is 29.0. The Morgan fingerprint density at radius 1 is 0.974 bits per heavy atom. The number of carbonyl (C=O) groups excluding carboxylic acids is 1. The number of nitrogens with one attached hydrogen (secondary N) is 1. The number of para-hydroxylation sites is 2. The fourth-order valence-corrected chi connectivity index (χ4v) is 5.31. The molecule has 0 saturated heterocycles. The standard InChI is InChI=1S/C30H38N2O5S/c1-8-37-28-12-10-9-11-27(28)32(38(7,34)35)19-23-13-15-24(16-14-23)30(33)31-22(5)26-18-25(20(2)3)29(36-6)17-21(26)4/h9-18,20,22H,8,19H2,1-7H3,(H,31,33). The largest absolute Gasteiger partial charge is 0.496 e. The van der Waals surface area contributed by atoms with Gasteiger partial charge in [0.15, 0.2) is 0 Å². The van der Waals surface area contributed by atoms with Crippen molar-refractivity contribution < 1.29 is 22.7 Å². The fraction of sp³-hybridized carbons (Fsp3) is 0.367. The first-order chi connectivity index (χ1) is 18.0. The Bertz CT molecular complexity index is 1370. The number of carbonyl (C=O) groups is 1. The molecule has 0 heterocycles. The lowest BCUT2D eigenvalue weighted by Crippen LogP contribution is -2.30. The molecule has 38 heavy (non-hydrogen) atoms. The third-order valence-electron chi connectivity index (χ3n) is 6.43. The Kier molecular flexibility index (Phi) is 9.44. The summed E-state index contributed by atoms with van der Waals surface area (Å²) in [7, 11) is -1.92. The highest BCUT2D eigenvalue weighted by molar-refractivity contribution is 7.92. The molecule has 0 bridgehead atoms. The third kappa shape index (κ3) is 6.86. The van der Waals surface area contributed by atoms with Crippen LogP contribution in [0.5, 0.6) is 11.5 Å². The van der Waals surface area contributed by atoms with Gasteiger partial charge in [-0.2, -0.15) is 0 Å². The lowest BCUT2D eigenvalue weighted by Gasteiger charge is -2.25. The van der Waals surface area contributed by atoms with Gasteiger partial charge in [0.1, 0.15) is 11.5 Å². The molecule has 0 fully saturated rings. The van der Waals surface area contributed by atoms with Crippen LogP contribution in [0, 0.1) is 6.92 Å². The van der Waals surface area contributed by atoms with Gasteiger partial charge in [-0.15, -0.1) is 0 Å². The normalized spacial score (nSPS) is 12.2. The maximum absolute atomic E-state index is 13.1. The predicted octanol–water partition coefficient (Wildman–Crippen LogP) is 5.98. The van der Waals surface area contributed by atoms with Gasteiger partial charge in [0.05, 0.1) is 38.2 Å². The Morgan fingerprint density at radius 2 is 1.63 bits per heavy atom. The number of ether oxygens (including phenoxy) is 2. The number of sulfonamides is 1. The van der Waals surface area contributed by atoms with Crippen LogP contribution in [0.25, 0.3) is 0 Å². The molecule has 3 aromatic rings. The van der Waals surface area contributed by atoms with Crippen LogP contribution in [0.3, 0.4) is 0 Å². The zero-order valence-corrected chi connectivity index (χ0v) is 24.1. The van der Waals surface area contributed by atoms with Crippen molar-refractivity contribution in [3.8, 4) is 11.5 Å². The van der Waals surface area contributed by atoms with Gasteiger partial charge in [0.2, 0.25) is 10.0 Å². The van der Waals surface area contributed by atoms with E-state index in [-0.39, 0.29) is 24.4 Å². The SMILES string of the molecule is CCOc1ccccc1N(Cc1ccc(C(=O)NC(C)c2cc(C(C)C)c(OC)cc2C)cc1)S(C)(=O)=O. The highest BCUT2D eigenvalue weighted by Crippen LogP contribution is 2.33. The van der Waals surface area contributed by atoms with Crippen LogP contribution in [-0.2, 0) is 16.6 Å². The van der Waals surface area contributed by atoms with Crippen molar-refractivity contribution in [1.29, 1.82) is 0 Å². The van der Waals surface area contributed by atoms with Gasteiger partial charge in [0.25, 0.3) is 5.91 Å². The van der Waals surface area contributed by atoms with E-state index in [0.717, 1.165) is 28.0 Å². The minimum Gasteiger partial charge on any atom is -0.496 e. The zero-order chi connectivity index (χ0) is 28.0. The summed E-state index contributed by atoms with van der Waals surface area (Å²) in [5.41, 5.74) is 4.90. The zero-order valence-electron chi connectivity index (χ0n) is 23.2. The Balaban J connectivity index is 1.79. The summed E-state index contributed by atoms with van der Waals surface area (Å²) in [6.07, 6.45) is 1.17. The summed E-state index contributed by atoms with van der Waals surface area (Å²) in [4.78, 5) is 13.1. The molecule has 1 amide bonds. The number of amides is 1. The lowest BCUT2D eigenvalue weighted by atomic mass is 9.93. The second kappa shape index (κ2) is 12.3. The monoisotopic (exact) mass is 538 g/mol. The molecule has 1 atom stereocenters. The van der Waals surface area contributed by atoms with Crippen molar-refractivity contribution in [2.45, 2.75) is 53.1 Å². The average Bonchev–Trinajstić information content (AvgIpc) is 2.87. The Labute approximate surface area is 226 Å². The van der Waals surface area contributed by atoms with Gasteiger partial charge >= 0.3 is 0 Å². The molecule has 0 aromatic heterocycles. The fourth-order valence-electron chi connectivity index (χ4n) is 4.42. The van der Waals surface area contributed by atoms with E-state index in [1.165, 1.54) is 10.6 Å². The molecule has 204 valence electrons. The summed E-state index contributed by atoms with van der Waals surface area (Å²) in [6, 6.07) is 17.9. The van der Waals surface area contributed by atoms with Crippen LogP contribution in [0.2, 0.25) is 0 Å². The molecule has 0 saturated carbocycles. The second-order valence-electron chi connectivity index (χ2n) is 9.67. The van der Waals surface area contributed by atoms with Crippen LogP contribution in [0.15, 0.2) is 60.7 Å². The molecule has 0 aliphatic carbocycles. The molecule has 1 unspecified atom stereocenters. The van der Waals surface area contributed by atoms with E-state index in [0.29, 0.717) is 23.6 Å². The van der Waals surface area contributed by atoms with E-state index in [1.54, 1.807) is 55.6 Å².